The molecule has 2 aromatic rings. The number of hydrogen-bond donors (Lipinski definition) is 2. The van der Waals surface area contributed by atoms with E-state index < -0.39 is 0 Å². The molecule has 55 valence electrons. The average Bonchev–Trinajstić information content (AvgIpc) is 2.50. The fourth-order valence-electron chi connectivity index (χ4n) is 1.14. The zero-order valence-corrected chi connectivity index (χ0v) is 6.31. The summed E-state index contributed by atoms with van der Waals surface area (Å²) in [5.41, 5.74) is 2.26. The van der Waals surface area contributed by atoms with Crippen molar-refractivity contribution in [3.63, 3.8) is 0 Å². The molecule has 1 radical (unpaired) electrons. The number of fused-ring (bicyclic) bond motifs is 1. The van der Waals surface area contributed by atoms with Crippen molar-refractivity contribution in [3.05, 3.63) is 30.5 Å². The highest BCUT2D eigenvalue weighted by Gasteiger charge is 1.93. The third-order valence-electron chi connectivity index (χ3n) is 1.77. The molecule has 2 N–H and O–H groups in total. The molecule has 0 bridgehead atoms. The van der Waals surface area contributed by atoms with Gasteiger partial charge < -0.3 is 10.3 Å². The average molecular weight is 145 g/mol. The van der Waals surface area contributed by atoms with Crippen LogP contribution in [0.1, 0.15) is 0 Å². The molecule has 0 saturated heterocycles. The fourth-order valence-corrected chi connectivity index (χ4v) is 1.14. The van der Waals surface area contributed by atoms with Crippen LogP contribution in [0.4, 0.5) is 5.69 Å². The molecule has 0 atom stereocenters. The van der Waals surface area contributed by atoms with E-state index in [2.05, 4.69) is 22.6 Å². The zero-order chi connectivity index (χ0) is 7.68. The molecule has 2 heteroatoms. The van der Waals surface area contributed by atoms with Crippen LogP contribution in [-0.2, 0) is 0 Å². The summed E-state index contributed by atoms with van der Waals surface area (Å²) >= 11 is 0. The summed E-state index contributed by atoms with van der Waals surface area (Å²) in [6.07, 6.45) is 2.94. The van der Waals surface area contributed by atoms with Crippen molar-refractivity contribution in [2.75, 3.05) is 12.4 Å². The molecule has 0 saturated carbocycles. The molecular weight excluding hydrogens is 136 g/mol. The van der Waals surface area contributed by atoms with Crippen molar-refractivity contribution in [1.82, 2.24) is 4.98 Å². The predicted molar refractivity (Wildman–Crippen MR) is 46.7 cm³/mol. The van der Waals surface area contributed by atoms with E-state index >= 15 is 0 Å². The normalized spacial score (nSPS) is 10.3. The summed E-state index contributed by atoms with van der Waals surface area (Å²) in [6, 6.07) is 8.10. The highest BCUT2D eigenvalue weighted by atomic mass is 14.8. The summed E-state index contributed by atoms with van der Waals surface area (Å²) in [7, 11) is 1.91. The van der Waals surface area contributed by atoms with E-state index in [1.807, 2.05) is 25.2 Å². The van der Waals surface area contributed by atoms with Crippen LogP contribution >= 0.6 is 0 Å². The Morgan fingerprint density at radius 2 is 2.36 bits per heavy atom. The fraction of sp³-hybridized carbons (Fsp3) is 0.111. The van der Waals surface area contributed by atoms with E-state index in [1.165, 1.54) is 5.39 Å². The van der Waals surface area contributed by atoms with E-state index in [9.17, 15) is 0 Å². The van der Waals surface area contributed by atoms with Gasteiger partial charge in [0, 0.05) is 23.6 Å². The standard InChI is InChI=1S/C9H9N2/c1-10-8-2-3-9-7(6-8)4-5-11-9/h2-4,6,10-11H,1H3. The van der Waals surface area contributed by atoms with Gasteiger partial charge in [-0.15, -0.1) is 0 Å². The Kier molecular flexibility index (Phi) is 1.32. The van der Waals surface area contributed by atoms with Crippen LogP contribution in [0, 0.1) is 6.20 Å². The summed E-state index contributed by atoms with van der Waals surface area (Å²) in [5.74, 6) is 0. The first-order valence-electron chi connectivity index (χ1n) is 3.57. The highest BCUT2D eigenvalue weighted by Crippen LogP contribution is 2.16. The van der Waals surface area contributed by atoms with Crippen LogP contribution in [0.2, 0.25) is 0 Å². The smallest absolute Gasteiger partial charge is 0.0630 e. The Balaban J connectivity index is 2.67. The van der Waals surface area contributed by atoms with Crippen LogP contribution in [0.5, 0.6) is 0 Å². The number of nitrogens with one attached hydrogen (secondary N) is 2. The number of H-pyrrole nitrogens is 1. The predicted octanol–water partition coefficient (Wildman–Crippen LogP) is 2.01. The molecule has 2 rings (SSSR count). The van der Waals surface area contributed by atoms with E-state index in [-0.39, 0.29) is 0 Å². The van der Waals surface area contributed by atoms with Gasteiger partial charge in [-0.25, -0.2) is 0 Å². The minimum absolute atomic E-state index is 1.13. The number of rotatable bonds is 1. The van der Waals surface area contributed by atoms with Gasteiger partial charge in [-0.2, -0.15) is 0 Å². The van der Waals surface area contributed by atoms with Gasteiger partial charge in [-0.3, -0.25) is 0 Å². The lowest BCUT2D eigenvalue weighted by Crippen LogP contribution is -1.85. The first kappa shape index (κ1) is 6.28. The molecule has 2 nitrogen and oxygen atoms in total. The molecule has 0 unspecified atom stereocenters. The Hall–Kier alpha value is -1.44. The van der Waals surface area contributed by atoms with Crippen LogP contribution in [0.25, 0.3) is 10.9 Å². The molecule has 1 aromatic heterocycles. The van der Waals surface area contributed by atoms with Gasteiger partial charge in [0.1, 0.15) is 0 Å². The molecule has 0 aliphatic rings. The van der Waals surface area contributed by atoms with Gasteiger partial charge in [-0.1, -0.05) is 0 Å². The molecule has 0 aliphatic heterocycles. The largest absolute Gasteiger partial charge is 0.388 e. The first-order chi connectivity index (χ1) is 5.40. The Labute approximate surface area is 65.2 Å². The minimum Gasteiger partial charge on any atom is -0.388 e. The van der Waals surface area contributed by atoms with Crippen molar-refractivity contribution < 1.29 is 0 Å². The maximum absolute atomic E-state index is 3.08. The van der Waals surface area contributed by atoms with Crippen LogP contribution in [-0.4, -0.2) is 12.0 Å². The summed E-state index contributed by atoms with van der Waals surface area (Å²) in [6.45, 7) is 0. The maximum Gasteiger partial charge on any atom is 0.0630 e. The molecule has 0 amide bonds. The molecule has 0 fully saturated rings. The maximum atomic E-state index is 3.08. The second kappa shape index (κ2) is 2.31. The van der Waals surface area contributed by atoms with E-state index in [0.717, 1.165) is 11.2 Å². The monoisotopic (exact) mass is 145 g/mol. The second-order valence-corrected chi connectivity index (χ2v) is 2.47. The highest BCUT2D eigenvalue weighted by molar-refractivity contribution is 5.82. The molecular formula is C9H9N2. The van der Waals surface area contributed by atoms with Crippen molar-refractivity contribution in [3.8, 4) is 0 Å². The van der Waals surface area contributed by atoms with Gasteiger partial charge >= 0.3 is 0 Å². The van der Waals surface area contributed by atoms with Gasteiger partial charge in [0.05, 0.1) is 6.20 Å². The summed E-state index contributed by atoms with van der Waals surface area (Å²) < 4.78 is 0. The van der Waals surface area contributed by atoms with E-state index in [0.29, 0.717) is 0 Å². The van der Waals surface area contributed by atoms with Crippen molar-refractivity contribution in [1.29, 1.82) is 0 Å². The van der Waals surface area contributed by atoms with E-state index in [1.54, 1.807) is 0 Å². The lowest BCUT2D eigenvalue weighted by atomic mass is 10.2. The number of benzene rings is 1. The van der Waals surface area contributed by atoms with Gasteiger partial charge in [0.2, 0.25) is 0 Å². The molecule has 11 heavy (non-hydrogen) atoms. The Morgan fingerprint density at radius 1 is 1.45 bits per heavy atom. The Bertz CT molecular complexity index is 362. The van der Waals surface area contributed by atoms with Crippen molar-refractivity contribution in [2.24, 2.45) is 0 Å². The van der Waals surface area contributed by atoms with Crippen molar-refractivity contribution in [2.45, 2.75) is 0 Å². The van der Waals surface area contributed by atoms with Crippen LogP contribution in [0.3, 0.4) is 0 Å². The zero-order valence-electron chi connectivity index (χ0n) is 6.31. The van der Waals surface area contributed by atoms with E-state index in [4.69, 9.17) is 0 Å². The number of aromatic nitrogens is 1. The number of hydrogen-bond acceptors (Lipinski definition) is 1. The lowest BCUT2D eigenvalue weighted by molar-refractivity contribution is 1.45. The molecule has 0 spiro atoms. The first-order valence-corrected chi connectivity index (χ1v) is 3.57. The molecule has 1 aromatic carbocycles. The minimum atomic E-state index is 1.13. The summed E-state index contributed by atoms with van der Waals surface area (Å²) in [5, 5.41) is 4.27. The third-order valence-corrected chi connectivity index (χ3v) is 1.77. The number of aromatic amines is 1. The van der Waals surface area contributed by atoms with Gasteiger partial charge in [0.25, 0.3) is 0 Å². The van der Waals surface area contributed by atoms with Crippen molar-refractivity contribution >= 4 is 16.6 Å². The quantitative estimate of drug-likeness (QED) is 0.631. The SMILES string of the molecule is CNc1ccc2[nH][c]cc2c1. The van der Waals surface area contributed by atoms with Crippen LogP contribution < -0.4 is 5.32 Å². The topological polar surface area (TPSA) is 27.8 Å². The summed E-state index contributed by atoms with van der Waals surface area (Å²) in [4.78, 5) is 3.02. The van der Waals surface area contributed by atoms with Crippen LogP contribution in [0.15, 0.2) is 24.3 Å². The second-order valence-electron chi connectivity index (χ2n) is 2.47. The van der Waals surface area contributed by atoms with Gasteiger partial charge in [-0.05, 0) is 24.3 Å². The Morgan fingerprint density at radius 3 is 3.18 bits per heavy atom. The lowest BCUT2D eigenvalue weighted by Gasteiger charge is -1.97. The third kappa shape index (κ3) is 0.963. The molecule has 1 heterocycles. The number of anilines is 1. The van der Waals surface area contributed by atoms with Gasteiger partial charge in [0.15, 0.2) is 0 Å². The molecule has 0 aliphatic carbocycles.